The maximum absolute atomic E-state index is 5.72. The fourth-order valence-electron chi connectivity index (χ4n) is 2.18. The molecule has 0 aliphatic rings. The maximum atomic E-state index is 5.72. The van der Waals surface area contributed by atoms with Crippen molar-refractivity contribution >= 4 is 0 Å². The van der Waals surface area contributed by atoms with Crippen LogP contribution in [0.15, 0.2) is 0 Å². The molecule has 0 N–H and O–H groups in total. The Labute approximate surface area is 108 Å². The SMILES string of the molecule is CCOCC(COCC)(CC(C)CC)C(C)C. The quantitative estimate of drug-likeness (QED) is 0.575. The van der Waals surface area contributed by atoms with Crippen molar-refractivity contribution in [3.63, 3.8) is 0 Å². The normalized spacial score (nSPS) is 14.3. The van der Waals surface area contributed by atoms with Gasteiger partial charge in [0.25, 0.3) is 0 Å². The predicted molar refractivity (Wildman–Crippen MR) is 74.3 cm³/mol. The number of hydrogen-bond donors (Lipinski definition) is 0. The van der Waals surface area contributed by atoms with Crippen molar-refractivity contribution in [2.75, 3.05) is 26.4 Å². The lowest BCUT2D eigenvalue weighted by Gasteiger charge is -2.39. The van der Waals surface area contributed by atoms with Gasteiger partial charge >= 0.3 is 0 Å². The van der Waals surface area contributed by atoms with Crippen LogP contribution in [-0.2, 0) is 9.47 Å². The highest BCUT2D eigenvalue weighted by Gasteiger charge is 2.35. The van der Waals surface area contributed by atoms with E-state index in [2.05, 4.69) is 41.5 Å². The molecule has 1 unspecified atom stereocenters. The minimum Gasteiger partial charge on any atom is -0.381 e. The smallest absolute Gasteiger partial charge is 0.0546 e. The van der Waals surface area contributed by atoms with Crippen molar-refractivity contribution < 1.29 is 9.47 Å². The Kier molecular flexibility index (Phi) is 8.89. The Morgan fingerprint density at radius 1 is 0.882 bits per heavy atom. The standard InChI is InChI=1S/C15H32O2/c1-7-14(6)10-15(13(4)5,11-16-8-2)12-17-9-3/h13-14H,7-12H2,1-6H3. The summed E-state index contributed by atoms with van der Waals surface area (Å²) in [7, 11) is 0. The molecular formula is C15H32O2. The summed E-state index contributed by atoms with van der Waals surface area (Å²) in [5.41, 5.74) is 0.182. The van der Waals surface area contributed by atoms with Crippen LogP contribution in [0.25, 0.3) is 0 Å². The molecule has 0 rings (SSSR count). The van der Waals surface area contributed by atoms with E-state index in [1.807, 2.05) is 0 Å². The number of hydrogen-bond acceptors (Lipinski definition) is 2. The van der Waals surface area contributed by atoms with E-state index < -0.39 is 0 Å². The fraction of sp³-hybridized carbons (Fsp3) is 1.00. The highest BCUT2D eigenvalue weighted by molar-refractivity contribution is 4.84. The van der Waals surface area contributed by atoms with E-state index in [9.17, 15) is 0 Å². The van der Waals surface area contributed by atoms with E-state index in [-0.39, 0.29) is 5.41 Å². The highest BCUT2D eigenvalue weighted by atomic mass is 16.5. The molecule has 0 aliphatic heterocycles. The van der Waals surface area contributed by atoms with Gasteiger partial charge in [0.2, 0.25) is 0 Å². The van der Waals surface area contributed by atoms with E-state index in [1.54, 1.807) is 0 Å². The van der Waals surface area contributed by atoms with Crippen LogP contribution in [0.5, 0.6) is 0 Å². The van der Waals surface area contributed by atoms with Gasteiger partial charge in [0.15, 0.2) is 0 Å². The average Bonchev–Trinajstić information content (AvgIpc) is 2.32. The van der Waals surface area contributed by atoms with Crippen molar-refractivity contribution in [1.29, 1.82) is 0 Å². The first-order valence-corrected chi connectivity index (χ1v) is 7.17. The van der Waals surface area contributed by atoms with Crippen molar-refractivity contribution in [1.82, 2.24) is 0 Å². The predicted octanol–water partition coefficient (Wildman–Crippen LogP) is 4.14. The third kappa shape index (κ3) is 5.87. The van der Waals surface area contributed by atoms with Crippen LogP contribution in [0.4, 0.5) is 0 Å². The maximum Gasteiger partial charge on any atom is 0.0546 e. The second-order valence-corrected chi connectivity index (χ2v) is 5.51. The fourth-order valence-corrected chi connectivity index (χ4v) is 2.18. The van der Waals surface area contributed by atoms with Crippen molar-refractivity contribution in [2.24, 2.45) is 17.3 Å². The van der Waals surface area contributed by atoms with E-state index >= 15 is 0 Å². The van der Waals surface area contributed by atoms with E-state index in [1.165, 1.54) is 12.8 Å². The van der Waals surface area contributed by atoms with Gasteiger partial charge in [-0.1, -0.05) is 34.1 Å². The summed E-state index contributed by atoms with van der Waals surface area (Å²) in [6.07, 6.45) is 2.42. The highest BCUT2D eigenvalue weighted by Crippen LogP contribution is 2.36. The van der Waals surface area contributed by atoms with Gasteiger partial charge in [-0.25, -0.2) is 0 Å². The second-order valence-electron chi connectivity index (χ2n) is 5.51. The summed E-state index contributed by atoms with van der Waals surface area (Å²) in [6, 6.07) is 0. The topological polar surface area (TPSA) is 18.5 Å². The summed E-state index contributed by atoms with van der Waals surface area (Å²) in [5, 5.41) is 0. The van der Waals surface area contributed by atoms with E-state index in [0.717, 1.165) is 32.3 Å². The molecule has 2 nitrogen and oxygen atoms in total. The molecule has 104 valence electrons. The molecule has 0 aliphatic carbocycles. The Morgan fingerprint density at radius 2 is 1.35 bits per heavy atom. The lowest BCUT2D eigenvalue weighted by atomic mass is 9.72. The number of ether oxygens (including phenoxy) is 2. The zero-order valence-electron chi connectivity index (χ0n) is 12.7. The molecule has 0 saturated carbocycles. The molecule has 17 heavy (non-hydrogen) atoms. The zero-order valence-corrected chi connectivity index (χ0v) is 12.7. The minimum atomic E-state index is 0.182. The summed E-state index contributed by atoms with van der Waals surface area (Å²) in [4.78, 5) is 0. The lowest BCUT2D eigenvalue weighted by Crippen LogP contribution is -2.39. The van der Waals surface area contributed by atoms with Crippen LogP contribution in [0, 0.1) is 17.3 Å². The molecule has 0 bridgehead atoms. The van der Waals surface area contributed by atoms with Crippen molar-refractivity contribution in [2.45, 2.75) is 54.4 Å². The van der Waals surface area contributed by atoms with Crippen LogP contribution in [0.3, 0.4) is 0 Å². The first-order valence-electron chi connectivity index (χ1n) is 7.17. The third-order valence-corrected chi connectivity index (χ3v) is 3.86. The van der Waals surface area contributed by atoms with Gasteiger partial charge in [-0.05, 0) is 32.1 Å². The van der Waals surface area contributed by atoms with Gasteiger partial charge in [0, 0.05) is 18.6 Å². The largest absolute Gasteiger partial charge is 0.381 e. The van der Waals surface area contributed by atoms with E-state index in [4.69, 9.17) is 9.47 Å². The molecule has 0 amide bonds. The Bertz CT molecular complexity index is 170. The second kappa shape index (κ2) is 8.93. The molecule has 0 spiro atoms. The molecular weight excluding hydrogens is 212 g/mol. The molecule has 0 saturated heterocycles. The van der Waals surface area contributed by atoms with Gasteiger partial charge in [-0.15, -0.1) is 0 Å². The van der Waals surface area contributed by atoms with E-state index in [0.29, 0.717) is 5.92 Å². The monoisotopic (exact) mass is 244 g/mol. The first kappa shape index (κ1) is 16.9. The Hall–Kier alpha value is -0.0800. The molecule has 0 aromatic rings. The van der Waals surface area contributed by atoms with Crippen LogP contribution in [0.2, 0.25) is 0 Å². The van der Waals surface area contributed by atoms with Gasteiger partial charge < -0.3 is 9.47 Å². The van der Waals surface area contributed by atoms with Gasteiger partial charge in [-0.3, -0.25) is 0 Å². The molecule has 0 aromatic heterocycles. The van der Waals surface area contributed by atoms with Crippen molar-refractivity contribution in [3.8, 4) is 0 Å². The molecule has 2 heteroatoms. The summed E-state index contributed by atoms with van der Waals surface area (Å²) < 4.78 is 11.4. The molecule has 1 atom stereocenters. The molecule has 0 heterocycles. The Morgan fingerprint density at radius 3 is 1.65 bits per heavy atom. The van der Waals surface area contributed by atoms with Crippen LogP contribution >= 0.6 is 0 Å². The summed E-state index contributed by atoms with van der Waals surface area (Å²) in [6.45, 7) is 16.5. The average molecular weight is 244 g/mol. The minimum absolute atomic E-state index is 0.182. The molecule has 0 fully saturated rings. The van der Waals surface area contributed by atoms with Gasteiger partial charge in [0.05, 0.1) is 13.2 Å². The first-order chi connectivity index (χ1) is 8.02. The van der Waals surface area contributed by atoms with Gasteiger partial charge in [-0.2, -0.15) is 0 Å². The summed E-state index contributed by atoms with van der Waals surface area (Å²) in [5.74, 6) is 1.33. The lowest BCUT2D eigenvalue weighted by molar-refractivity contribution is -0.0557. The van der Waals surface area contributed by atoms with Crippen LogP contribution in [-0.4, -0.2) is 26.4 Å². The van der Waals surface area contributed by atoms with Crippen LogP contribution in [0.1, 0.15) is 54.4 Å². The van der Waals surface area contributed by atoms with Crippen molar-refractivity contribution in [3.05, 3.63) is 0 Å². The summed E-state index contributed by atoms with van der Waals surface area (Å²) >= 11 is 0. The number of rotatable bonds is 10. The molecule has 0 aromatic carbocycles. The van der Waals surface area contributed by atoms with Gasteiger partial charge in [0.1, 0.15) is 0 Å². The third-order valence-electron chi connectivity index (χ3n) is 3.86. The Balaban J connectivity index is 4.68. The zero-order chi connectivity index (χ0) is 13.3. The van der Waals surface area contributed by atoms with Crippen LogP contribution < -0.4 is 0 Å². The molecule has 0 radical (unpaired) electrons.